The summed E-state index contributed by atoms with van der Waals surface area (Å²) in [7, 11) is 0. The van der Waals surface area contributed by atoms with Crippen LogP contribution in [0.4, 0.5) is 0 Å². The van der Waals surface area contributed by atoms with Crippen molar-refractivity contribution in [2.45, 2.75) is 32.4 Å². The number of nitrogens with two attached hydrogens (primary N) is 1. The Kier molecular flexibility index (Phi) is 4.87. The largest absolute Gasteiger partial charge is 0.393 e. The molecule has 1 amide bonds. The summed E-state index contributed by atoms with van der Waals surface area (Å²) in [6.07, 6.45) is 1.80. The van der Waals surface area contributed by atoms with Gasteiger partial charge in [-0.1, -0.05) is 0 Å². The van der Waals surface area contributed by atoms with Crippen molar-refractivity contribution in [2.75, 3.05) is 13.1 Å². The van der Waals surface area contributed by atoms with Crippen LogP contribution in [0.5, 0.6) is 0 Å². The number of nitrogen functional groups attached to an aromatic ring is 1. The lowest BCUT2D eigenvalue weighted by Gasteiger charge is -2.32. The van der Waals surface area contributed by atoms with Crippen molar-refractivity contribution >= 4 is 17.2 Å². The van der Waals surface area contributed by atoms with Gasteiger partial charge < -0.3 is 5.11 Å². The van der Waals surface area contributed by atoms with Crippen LogP contribution in [0.25, 0.3) is 0 Å². The molecule has 0 bridgehead atoms. The van der Waals surface area contributed by atoms with Crippen molar-refractivity contribution in [3.8, 4) is 0 Å². The van der Waals surface area contributed by atoms with E-state index in [1.165, 1.54) is 11.3 Å². The van der Waals surface area contributed by atoms with Crippen molar-refractivity contribution in [3.63, 3.8) is 0 Å². The van der Waals surface area contributed by atoms with E-state index >= 15 is 0 Å². The Bertz CT molecular complexity index is 427. The van der Waals surface area contributed by atoms with Gasteiger partial charge >= 0.3 is 0 Å². The molecule has 7 heteroatoms. The second-order valence-electron chi connectivity index (χ2n) is 4.97. The normalized spacial score (nSPS) is 19.3. The Morgan fingerprint density at radius 1 is 1.68 bits per heavy atom. The third-order valence-electron chi connectivity index (χ3n) is 3.58. The molecule has 1 aromatic heterocycles. The number of aliphatic hydroxyl groups is 1. The van der Waals surface area contributed by atoms with Gasteiger partial charge in [0.1, 0.15) is 0 Å². The van der Waals surface area contributed by atoms with E-state index in [0.29, 0.717) is 10.9 Å². The van der Waals surface area contributed by atoms with Crippen molar-refractivity contribution in [1.82, 2.24) is 15.3 Å². The summed E-state index contributed by atoms with van der Waals surface area (Å²) in [6, 6.07) is 0. The van der Waals surface area contributed by atoms with E-state index in [4.69, 9.17) is 5.84 Å². The molecular weight excluding hydrogens is 264 g/mol. The van der Waals surface area contributed by atoms with Crippen LogP contribution in [0.1, 0.15) is 35.3 Å². The molecule has 0 spiro atoms. The Hall–Kier alpha value is -1.02. The molecule has 1 saturated heterocycles. The van der Waals surface area contributed by atoms with Gasteiger partial charge in [0.2, 0.25) is 0 Å². The molecule has 1 fully saturated rings. The van der Waals surface area contributed by atoms with Gasteiger partial charge in [0, 0.05) is 11.9 Å². The van der Waals surface area contributed by atoms with Crippen LogP contribution in [-0.2, 0) is 6.54 Å². The lowest BCUT2D eigenvalue weighted by atomic mass is 9.92. The average Bonchev–Trinajstić information content (AvgIpc) is 2.87. The first-order valence-corrected chi connectivity index (χ1v) is 7.34. The van der Waals surface area contributed by atoms with Crippen LogP contribution >= 0.6 is 11.3 Å². The molecule has 1 aliphatic heterocycles. The number of hydrazine groups is 1. The Balaban J connectivity index is 1.85. The van der Waals surface area contributed by atoms with Gasteiger partial charge in [-0.3, -0.25) is 15.1 Å². The first-order chi connectivity index (χ1) is 9.10. The highest BCUT2D eigenvalue weighted by molar-refractivity contribution is 7.11. The summed E-state index contributed by atoms with van der Waals surface area (Å²) in [5, 5.41) is 11.9. The molecule has 1 aromatic rings. The lowest BCUT2D eigenvalue weighted by Crippen LogP contribution is -2.36. The Morgan fingerprint density at radius 3 is 2.95 bits per heavy atom. The third kappa shape index (κ3) is 3.73. The number of nitrogens with zero attached hydrogens (tertiary/aromatic N) is 2. The van der Waals surface area contributed by atoms with Gasteiger partial charge in [-0.15, -0.1) is 11.3 Å². The minimum atomic E-state index is -0.343. The van der Waals surface area contributed by atoms with E-state index < -0.39 is 0 Å². The minimum absolute atomic E-state index is 0.221. The standard InChI is InChI=1S/C12H20N4O2S/c1-8(17)9-2-4-16(5-3-9)6-10-7-19-12(14-10)11(18)15-13/h7-9,17H,2-6,13H2,1H3,(H,15,18). The van der Waals surface area contributed by atoms with Crippen molar-refractivity contribution in [1.29, 1.82) is 0 Å². The fourth-order valence-electron chi connectivity index (χ4n) is 2.37. The zero-order chi connectivity index (χ0) is 13.8. The predicted molar refractivity (Wildman–Crippen MR) is 73.4 cm³/mol. The molecule has 106 valence electrons. The number of rotatable bonds is 4. The predicted octanol–water partition coefficient (Wildman–Crippen LogP) is 0.339. The second kappa shape index (κ2) is 6.42. The maximum absolute atomic E-state index is 11.3. The van der Waals surface area contributed by atoms with E-state index in [0.717, 1.165) is 38.2 Å². The van der Waals surface area contributed by atoms with Crippen LogP contribution in [0.3, 0.4) is 0 Å². The molecule has 1 atom stereocenters. The highest BCUT2D eigenvalue weighted by Gasteiger charge is 2.23. The summed E-state index contributed by atoms with van der Waals surface area (Å²) in [5.41, 5.74) is 2.99. The Labute approximate surface area is 116 Å². The molecule has 2 rings (SSSR count). The molecule has 0 radical (unpaired) electrons. The first-order valence-electron chi connectivity index (χ1n) is 6.46. The molecule has 1 unspecified atom stereocenters. The van der Waals surface area contributed by atoms with Crippen LogP contribution < -0.4 is 11.3 Å². The molecule has 0 aromatic carbocycles. The minimum Gasteiger partial charge on any atom is -0.393 e. The number of aliphatic hydroxyl groups excluding tert-OH is 1. The quantitative estimate of drug-likeness (QED) is 0.421. The SMILES string of the molecule is CC(O)C1CCN(Cc2csc(C(=O)NN)n2)CC1. The van der Waals surface area contributed by atoms with E-state index in [2.05, 4.69) is 15.3 Å². The summed E-state index contributed by atoms with van der Waals surface area (Å²) in [5.74, 6) is 5.14. The van der Waals surface area contributed by atoms with Crippen molar-refractivity contribution in [2.24, 2.45) is 11.8 Å². The van der Waals surface area contributed by atoms with E-state index in [9.17, 15) is 9.90 Å². The van der Waals surface area contributed by atoms with Gasteiger partial charge in [-0.25, -0.2) is 10.8 Å². The van der Waals surface area contributed by atoms with E-state index in [-0.39, 0.29) is 12.0 Å². The van der Waals surface area contributed by atoms with Crippen LogP contribution in [0, 0.1) is 5.92 Å². The molecule has 19 heavy (non-hydrogen) atoms. The topological polar surface area (TPSA) is 91.5 Å². The molecular formula is C12H20N4O2S. The zero-order valence-corrected chi connectivity index (χ0v) is 11.8. The number of thiazole rings is 1. The second-order valence-corrected chi connectivity index (χ2v) is 5.83. The summed E-state index contributed by atoms with van der Waals surface area (Å²) < 4.78 is 0. The number of carbonyl (C=O) groups excluding carboxylic acids is 1. The fourth-order valence-corrected chi connectivity index (χ4v) is 3.08. The number of amides is 1. The number of aromatic nitrogens is 1. The van der Waals surface area contributed by atoms with Crippen molar-refractivity contribution < 1.29 is 9.90 Å². The average molecular weight is 284 g/mol. The summed E-state index contributed by atoms with van der Waals surface area (Å²) >= 11 is 1.31. The monoisotopic (exact) mass is 284 g/mol. The summed E-state index contributed by atoms with van der Waals surface area (Å²) in [6.45, 7) is 4.54. The van der Waals surface area contributed by atoms with Gasteiger partial charge in [-0.05, 0) is 38.8 Å². The number of nitrogens with one attached hydrogen (secondary N) is 1. The number of piperidine rings is 1. The fraction of sp³-hybridized carbons (Fsp3) is 0.667. The van der Waals surface area contributed by atoms with Crippen molar-refractivity contribution in [3.05, 3.63) is 16.1 Å². The zero-order valence-electron chi connectivity index (χ0n) is 11.0. The molecule has 0 saturated carbocycles. The smallest absolute Gasteiger partial charge is 0.294 e. The van der Waals surface area contributed by atoms with E-state index in [1.807, 2.05) is 12.3 Å². The molecule has 2 heterocycles. The molecule has 6 nitrogen and oxygen atoms in total. The highest BCUT2D eigenvalue weighted by atomic mass is 32.1. The number of likely N-dealkylation sites (tertiary alicyclic amines) is 1. The maximum atomic E-state index is 11.3. The number of hydrogen-bond donors (Lipinski definition) is 3. The third-order valence-corrected chi connectivity index (χ3v) is 4.47. The van der Waals surface area contributed by atoms with Gasteiger partial charge in [-0.2, -0.15) is 0 Å². The lowest BCUT2D eigenvalue weighted by molar-refractivity contribution is 0.0691. The van der Waals surface area contributed by atoms with Crippen LogP contribution in [0.2, 0.25) is 0 Å². The maximum Gasteiger partial charge on any atom is 0.294 e. The Morgan fingerprint density at radius 2 is 2.37 bits per heavy atom. The highest BCUT2D eigenvalue weighted by Crippen LogP contribution is 2.22. The number of carbonyl (C=O) groups is 1. The summed E-state index contributed by atoms with van der Waals surface area (Å²) in [4.78, 5) is 17.9. The van der Waals surface area contributed by atoms with Crippen LogP contribution in [-0.4, -0.2) is 40.1 Å². The molecule has 1 aliphatic rings. The molecule has 0 aliphatic carbocycles. The molecule has 4 N–H and O–H groups in total. The van der Waals surface area contributed by atoms with E-state index in [1.54, 1.807) is 0 Å². The van der Waals surface area contributed by atoms with Gasteiger partial charge in [0.05, 0.1) is 11.8 Å². The first kappa shape index (κ1) is 14.4. The van der Waals surface area contributed by atoms with Gasteiger partial charge in [0.15, 0.2) is 5.01 Å². The number of hydrogen-bond acceptors (Lipinski definition) is 6. The van der Waals surface area contributed by atoms with Gasteiger partial charge in [0.25, 0.3) is 5.91 Å². The van der Waals surface area contributed by atoms with Crippen LogP contribution in [0.15, 0.2) is 5.38 Å².